The molecule has 1 saturated heterocycles. The molecule has 3 heterocycles. The van der Waals surface area contributed by atoms with Gasteiger partial charge in [-0.2, -0.15) is 0 Å². The van der Waals surface area contributed by atoms with E-state index in [-0.39, 0.29) is 12.0 Å². The number of hydrogen-bond acceptors (Lipinski definition) is 6. The molecule has 1 atom stereocenters. The van der Waals surface area contributed by atoms with Crippen LogP contribution in [0.25, 0.3) is 0 Å². The number of carbonyl (C=O) groups excluding carboxylic acids is 1. The monoisotopic (exact) mass is 364 g/mol. The molecule has 7 nitrogen and oxygen atoms in total. The predicted molar refractivity (Wildman–Crippen MR) is 91.6 cm³/mol. The second-order valence-corrected chi connectivity index (χ2v) is 6.64. The minimum absolute atomic E-state index is 0.0991. The van der Waals surface area contributed by atoms with Gasteiger partial charge in [0.2, 0.25) is 5.91 Å². The zero-order valence-corrected chi connectivity index (χ0v) is 15.1. The lowest BCUT2D eigenvalue weighted by Gasteiger charge is -2.32. The van der Waals surface area contributed by atoms with Crippen LogP contribution in [0.5, 0.6) is 6.01 Å². The van der Waals surface area contributed by atoms with Crippen LogP contribution in [-0.4, -0.2) is 45.1 Å². The minimum atomic E-state index is -0.0991. The summed E-state index contributed by atoms with van der Waals surface area (Å²) in [5, 5.41) is 4.39. The Balaban J connectivity index is 1.53. The molecule has 0 saturated carbocycles. The van der Waals surface area contributed by atoms with E-state index in [1.54, 1.807) is 0 Å². The van der Waals surface area contributed by atoms with Crippen LogP contribution < -0.4 is 4.74 Å². The van der Waals surface area contributed by atoms with Gasteiger partial charge in [-0.1, -0.05) is 16.8 Å². The number of rotatable bonds is 5. The first-order valence-electron chi connectivity index (χ1n) is 8.36. The Morgan fingerprint density at radius 1 is 1.40 bits per heavy atom. The van der Waals surface area contributed by atoms with Gasteiger partial charge in [-0.25, -0.2) is 9.97 Å². The molecule has 0 N–H and O–H groups in total. The van der Waals surface area contributed by atoms with Crippen molar-refractivity contribution in [1.82, 2.24) is 20.0 Å². The highest BCUT2D eigenvalue weighted by molar-refractivity contribution is 6.30. The van der Waals surface area contributed by atoms with Gasteiger partial charge in [0.15, 0.2) is 0 Å². The number of aromatic nitrogens is 3. The average Bonchev–Trinajstić information content (AvgIpc) is 2.93. The fourth-order valence-electron chi connectivity index (χ4n) is 3.02. The van der Waals surface area contributed by atoms with Crippen molar-refractivity contribution in [2.45, 2.75) is 45.6 Å². The molecule has 1 fully saturated rings. The molecule has 0 aromatic carbocycles. The van der Waals surface area contributed by atoms with Gasteiger partial charge in [0.05, 0.1) is 29.7 Å². The Hall–Kier alpha value is -2.15. The summed E-state index contributed by atoms with van der Waals surface area (Å²) >= 11 is 5.77. The summed E-state index contributed by atoms with van der Waals surface area (Å²) in [6.45, 7) is 5.07. The van der Waals surface area contributed by atoms with E-state index in [0.29, 0.717) is 30.4 Å². The van der Waals surface area contributed by atoms with E-state index in [1.165, 1.54) is 12.4 Å². The molecule has 0 spiro atoms. The molecule has 2 aromatic rings. The largest absolute Gasteiger partial charge is 0.458 e. The minimum Gasteiger partial charge on any atom is -0.458 e. The van der Waals surface area contributed by atoms with Gasteiger partial charge in [-0.05, 0) is 33.1 Å². The smallest absolute Gasteiger partial charge is 0.316 e. The van der Waals surface area contributed by atoms with Gasteiger partial charge < -0.3 is 14.2 Å². The molecule has 1 aliphatic rings. The summed E-state index contributed by atoms with van der Waals surface area (Å²) in [4.78, 5) is 22.5. The first kappa shape index (κ1) is 17.7. The summed E-state index contributed by atoms with van der Waals surface area (Å²) in [5.41, 5.74) is 1.87. The van der Waals surface area contributed by atoms with Crippen LogP contribution in [-0.2, 0) is 11.2 Å². The highest BCUT2D eigenvalue weighted by atomic mass is 35.5. The fourth-order valence-corrected chi connectivity index (χ4v) is 3.12. The number of nitrogens with zero attached hydrogens (tertiary/aromatic N) is 4. The Bertz CT molecular complexity index is 712. The van der Waals surface area contributed by atoms with Crippen molar-refractivity contribution >= 4 is 17.5 Å². The highest BCUT2D eigenvalue weighted by Crippen LogP contribution is 2.19. The molecule has 2 aromatic heterocycles. The quantitative estimate of drug-likeness (QED) is 0.811. The van der Waals surface area contributed by atoms with Crippen molar-refractivity contribution in [2.75, 3.05) is 13.1 Å². The zero-order chi connectivity index (χ0) is 17.8. The molecule has 3 rings (SSSR count). The molecule has 1 aliphatic heterocycles. The number of aryl methyl sites for hydroxylation is 2. The molecule has 1 unspecified atom stereocenters. The molecular formula is C17H21ClN4O3. The topological polar surface area (TPSA) is 81.4 Å². The Morgan fingerprint density at radius 3 is 2.84 bits per heavy atom. The van der Waals surface area contributed by atoms with E-state index in [1.807, 2.05) is 18.7 Å². The maximum absolute atomic E-state index is 12.5. The molecule has 134 valence electrons. The SMILES string of the molecule is Cc1noc(C)c1CCC(=O)N1CCCC(Oc2ncc(Cl)cn2)C1. The average molecular weight is 365 g/mol. The van der Waals surface area contributed by atoms with E-state index in [0.717, 1.165) is 36.4 Å². The summed E-state index contributed by atoms with van der Waals surface area (Å²) in [6.07, 6.45) is 5.75. The van der Waals surface area contributed by atoms with Crippen molar-refractivity contribution < 1.29 is 14.1 Å². The van der Waals surface area contributed by atoms with Crippen LogP contribution >= 0.6 is 11.6 Å². The predicted octanol–water partition coefficient (Wildman–Crippen LogP) is 2.74. The fraction of sp³-hybridized carbons (Fsp3) is 0.529. The Morgan fingerprint density at radius 2 is 2.16 bits per heavy atom. The number of ether oxygens (including phenoxy) is 1. The number of piperidine rings is 1. The highest BCUT2D eigenvalue weighted by Gasteiger charge is 2.25. The number of likely N-dealkylation sites (tertiary alicyclic amines) is 1. The second-order valence-electron chi connectivity index (χ2n) is 6.21. The lowest BCUT2D eigenvalue weighted by Crippen LogP contribution is -2.44. The van der Waals surface area contributed by atoms with E-state index in [9.17, 15) is 4.79 Å². The van der Waals surface area contributed by atoms with Crippen molar-refractivity contribution in [3.63, 3.8) is 0 Å². The van der Waals surface area contributed by atoms with Crippen LogP contribution in [0.2, 0.25) is 5.02 Å². The van der Waals surface area contributed by atoms with Gasteiger partial charge in [0.25, 0.3) is 0 Å². The zero-order valence-electron chi connectivity index (χ0n) is 14.4. The van der Waals surface area contributed by atoms with E-state index in [4.69, 9.17) is 20.9 Å². The third-order valence-corrected chi connectivity index (χ3v) is 4.56. The Kier molecular flexibility index (Phi) is 5.53. The Labute approximate surface area is 151 Å². The lowest BCUT2D eigenvalue weighted by molar-refractivity contribution is -0.133. The third-order valence-electron chi connectivity index (χ3n) is 4.37. The van der Waals surface area contributed by atoms with Crippen LogP contribution in [0.1, 0.15) is 36.3 Å². The molecular weight excluding hydrogens is 344 g/mol. The maximum atomic E-state index is 12.5. The van der Waals surface area contributed by atoms with Crippen molar-refractivity contribution in [2.24, 2.45) is 0 Å². The van der Waals surface area contributed by atoms with E-state index in [2.05, 4.69) is 15.1 Å². The summed E-state index contributed by atoms with van der Waals surface area (Å²) in [6, 6.07) is 0.291. The molecule has 8 heteroatoms. The van der Waals surface area contributed by atoms with Crippen LogP contribution in [0.15, 0.2) is 16.9 Å². The van der Waals surface area contributed by atoms with Gasteiger partial charge in [0.1, 0.15) is 11.9 Å². The van der Waals surface area contributed by atoms with Gasteiger partial charge >= 0.3 is 6.01 Å². The molecule has 0 radical (unpaired) electrons. The first-order valence-corrected chi connectivity index (χ1v) is 8.74. The maximum Gasteiger partial charge on any atom is 0.316 e. The van der Waals surface area contributed by atoms with Gasteiger partial charge in [-0.15, -0.1) is 0 Å². The second kappa shape index (κ2) is 7.82. The summed E-state index contributed by atoms with van der Waals surface area (Å²) in [7, 11) is 0. The summed E-state index contributed by atoms with van der Waals surface area (Å²) in [5.74, 6) is 0.898. The van der Waals surface area contributed by atoms with Crippen molar-refractivity contribution in [1.29, 1.82) is 0 Å². The van der Waals surface area contributed by atoms with Gasteiger partial charge in [0, 0.05) is 18.5 Å². The third kappa shape index (κ3) is 4.48. The lowest BCUT2D eigenvalue weighted by atomic mass is 10.1. The van der Waals surface area contributed by atoms with Crippen molar-refractivity contribution in [3.05, 3.63) is 34.4 Å². The first-order chi connectivity index (χ1) is 12.0. The standard InChI is InChI=1S/C17H21ClN4O3/c1-11-15(12(2)25-21-11)5-6-16(23)22-7-3-4-14(10-22)24-17-19-8-13(18)9-20-17/h8-9,14H,3-7,10H2,1-2H3. The van der Waals surface area contributed by atoms with Gasteiger partial charge in [-0.3, -0.25) is 4.79 Å². The van der Waals surface area contributed by atoms with E-state index >= 15 is 0 Å². The number of amides is 1. The number of carbonyl (C=O) groups is 1. The molecule has 25 heavy (non-hydrogen) atoms. The number of hydrogen-bond donors (Lipinski definition) is 0. The van der Waals surface area contributed by atoms with Crippen LogP contribution in [0, 0.1) is 13.8 Å². The van der Waals surface area contributed by atoms with Crippen molar-refractivity contribution in [3.8, 4) is 6.01 Å². The normalized spacial score (nSPS) is 17.6. The summed E-state index contributed by atoms with van der Waals surface area (Å²) < 4.78 is 10.9. The molecule has 1 amide bonds. The van der Waals surface area contributed by atoms with Crippen LogP contribution in [0.3, 0.4) is 0 Å². The number of halogens is 1. The van der Waals surface area contributed by atoms with Crippen LogP contribution in [0.4, 0.5) is 0 Å². The van der Waals surface area contributed by atoms with E-state index < -0.39 is 0 Å². The molecule has 0 bridgehead atoms. The molecule has 0 aliphatic carbocycles.